The summed E-state index contributed by atoms with van der Waals surface area (Å²) in [6.45, 7) is 4.24. The summed E-state index contributed by atoms with van der Waals surface area (Å²) in [5.41, 5.74) is 0.666. The van der Waals surface area contributed by atoms with Gasteiger partial charge in [-0.3, -0.25) is 4.79 Å². The summed E-state index contributed by atoms with van der Waals surface area (Å²) < 4.78 is 27.8. The lowest BCUT2D eigenvalue weighted by Crippen LogP contribution is -2.44. The maximum absolute atomic E-state index is 12.8. The van der Waals surface area contributed by atoms with E-state index in [4.69, 9.17) is 11.6 Å². The fraction of sp³-hybridized carbons (Fsp3) is 0.389. The van der Waals surface area contributed by atoms with Crippen LogP contribution in [0.5, 0.6) is 0 Å². The minimum Gasteiger partial charge on any atom is -0.300 e. The first-order valence-electron chi connectivity index (χ1n) is 8.97. The van der Waals surface area contributed by atoms with Gasteiger partial charge in [0, 0.05) is 23.9 Å². The molecule has 7 nitrogen and oxygen atoms in total. The van der Waals surface area contributed by atoms with Crippen molar-refractivity contribution in [3.05, 3.63) is 47.5 Å². The lowest BCUT2D eigenvalue weighted by Gasteiger charge is -2.31. The number of piperidine rings is 1. The second-order valence-electron chi connectivity index (χ2n) is 6.54. The van der Waals surface area contributed by atoms with Crippen LogP contribution < -0.4 is 5.32 Å². The molecule has 0 radical (unpaired) electrons. The Morgan fingerprint density at radius 1 is 1.38 bits per heavy atom. The molecular formula is C18H21ClN4O3S3. The van der Waals surface area contributed by atoms with Crippen molar-refractivity contribution in [1.82, 2.24) is 14.5 Å². The molecule has 11 heteroatoms. The molecule has 0 saturated carbocycles. The van der Waals surface area contributed by atoms with Gasteiger partial charge in [0.2, 0.25) is 21.1 Å². The molecule has 1 fully saturated rings. The first kappa shape index (κ1) is 22.2. The summed E-state index contributed by atoms with van der Waals surface area (Å²) in [4.78, 5) is 12.6. The molecule has 2 heterocycles. The Kier molecular flexibility index (Phi) is 7.69. The molecule has 1 aromatic carbocycles. The number of aromatic nitrogens is 2. The second-order valence-corrected chi connectivity index (χ2v) is 11.2. The number of carbonyl (C=O) groups is 1. The van der Waals surface area contributed by atoms with E-state index in [2.05, 4.69) is 22.1 Å². The predicted molar refractivity (Wildman–Crippen MR) is 118 cm³/mol. The Bertz CT molecular complexity index is 963. The van der Waals surface area contributed by atoms with Crippen LogP contribution in [0.4, 0.5) is 5.13 Å². The van der Waals surface area contributed by atoms with E-state index in [9.17, 15) is 13.2 Å². The Morgan fingerprint density at radius 3 is 2.86 bits per heavy atom. The lowest BCUT2D eigenvalue weighted by molar-refractivity contribution is -0.120. The normalized spacial score (nSPS) is 17.8. The highest BCUT2D eigenvalue weighted by Gasteiger charge is 2.32. The largest absolute Gasteiger partial charge is 0.300 e. The van der Waals surface area contributed by atoms with Gasteiger partial charge in [-0.1, -0.05) is 52.9 Å². The van der Waals surface area contributed by atoms with Crippen molar-refractivity contribution in [2.45, 2.75) is 22.9 Å². The van der Waals surface area contributed by atoms with Crippen LogP contribution in [-0.2, 0) is 20.6 Å². The summed E-state index contributed by atoms with van der Waals surface area (Å²) in [5.74, 6) is -0.0468. The number of nitrogens with one attached hydrogen (secondary N) is 1. The van der Waals surface area contributed by atoms with E-state index in [1.54, 1.807) is 30.3 Å². The summed E-state index contributed by atoms with van der Waals surface area (Å²) in [7, 11) is -3.52. The summed E-state index contributed by atoms with van der Waals surface area (Å²) in [6, 6.07) is 6.74. The third kappa shape index (κ3) is 6.26. The van der Waals surface area contributed by atoms with Gasteiger partial charge in [0.25, 0.3) is 0 Å². The molecule has 1 saturated heterocycles. The number of hydrogen-bond acceptors (Lipinski definition) is 7. The van der Waals surface area contributed by atoms with Gasteiger partial charge in [0.15, 0.2) is 4.34 Å². The van der Waals surface area contributed by atoms with E-state index in [0.717, 1.165) is 4.34 Å². The Balaban J connectivity index is 1.60. The molecule has 156 valence electrons. The SMILES string of the molecule is C=CCSc1nnc(NC(=O)[C@H]2CCCN(S(=O)(=O)Cc3ccc(Cl)cc3)C2)s1. The highest BCUT2D eigenvalue weighted by Crippen LogP contribution is 2.27. The molecular weight excluding hydrogens is 452 g/mol. The van der Waals surface area contributed by atoms with E-state index in [0.29, 0.717) is 40.9 Å². The smallest absolute Gasteiger partial charge is 0.230 e. The van der Waals surface area contributed by atoms with Crippen LogP contribution in [0, 0.1) is 5.92 Å². The Morgan fingerprint density at radius 2 is 2.14 bits per heavy atom. The van der Waals surface area contributed by atoms with E-state index >= 15 is 0 Å². The molecule has 3 rings (SSSR count). The fourth-order valence-corrected chi connectivity index (χ4v) is 6.20. The highest BCUT2D eigenvalue weighted by atomic mass is 35.5. The number of carbonyl (C=O) groups excluding carboxylic acids is 1. The monoisotopic (exact) mass is 472 g/mol. The molecule has 2 aromatic rings. The van der Waals surface area contributed by atoms with E-state index < -0.39 is 15.9 Å². The minimum absolute atomic E-state index is 0.112. The molecule has 29 heavy (non-hydrogen) atoms. The van der Waals surface area contributed by atoms with Crippen LogP contribution in [0.2, 0.25) is 5.02 Å². The van der Waals surface area contributed by atoms with Crippen LogP contribution in [0.25, 0.3) is 0 Å². The van der Waals surface area contributed by atoms with Gasteiger partial charge >= 0.3 is 0 Å². The second kappa shape index (κ2) is 10.0. The van der Waals surface area contributed by atoms with Crippen molar-refractivity contribution in [1.29, 1.82) is 0 Å². The molecule has 1 aromatic heterocycles. The van der Waals surface area contributed by atoms with Crippen LogP contribution in [-0.4, -0.2) is 47.7 Å². The molecule has 1 aliphatic rings. The summed E-state index contributed by atoms with van der Waals surface area (Å²) in [6.07, 6.45) is 3.04. The topological polar surface area (TPSA) is 92.3 Å². The zero-order valence-electron chi connectivity index (χ0n) is 15.6. The van der Waals surface area contributed by atoms with Crippen LogP contribution >= 0.6 is 34.7 Å². The van der Waals surface area contributed by atoms with Crippen molar-refractivity contribution < 1.29 is 13.2 Å². The van der Waals surface area contributed by atoms with Crippen LogP contribution in [0.1, 0.15) is 18.4 Å². The number of nitrogens with zero attached hydrogens (tertiary/aromatic N) is 3. The zero-order valence-corrected chi connectivity index (χ0v) is 18.8. The molecule has 0 aliphatic carbocycles. The standard InChI is InChI=1S/C18H21ClN4O3S3/c1-2-10-27-18-22-21-17(28-18)20-16(24)14-4-3-9-23(11-14)29(25,26)12-13-5-7-15(19)8-6-13/h2,5-8,14H,1,3-4,9-12H2,(H,20,21,24)/t14-/m0/s1. The zero-order chi connectivity index (χ0) is 20.9. The molecule has 0 spiro atoms. The van der Waals surface area contributed by atoms with Crippen molar-refractivity contribution in [3.8, 4) is 0 Å². The van der Waals surface area contributed by atoms with Gasteiger partial charge in [-0.2, -0.15) is 0 Å². The molecule has 1 aliphatic heterocycles. The average Bonchev–Trinajstić information content (AvgIpc) is 3.15. The molecule has 0 unspecified atom stereocenters. The number of anilines is 1. The summed E-state index contributed by atoms with van der Waals surface area (Å²) in [5, 5.41) is 11.7. The predicted octanol–water partition coefficient (Wildman–Crippen LogP) is 3.65. The first-order valence-corrected chi connectivity index (χ1v) is 12.8. The number of sulfonamides is 1. The number of benzene rings is 1. The Hall–Kier alpha value is -1.46. The molecule has 0 bridgehead atoms. The quantitative estimate of drug-likeness (QED) is 0.358. The van der Waals surface area contributed by atoms with Crippen LogP contribution in [0.3, 0.4) is 0 Å². The van der Waals surface area contributed by atoms with Crippen molar-refractivity contribution in [2.24, 2.45) is 5.92 Å². The number of hydrogen-bond donors (Lipinski definition) is 1. The molecule has 1 atom stereocenters. The van der Waals surface area contributed by atoms with Gasteiger partial charge in [0.1, 0.15) is 0 Å². The maximum Gasteiger partial charge on any atom is 0.230 e. The number of thioether (sulfide) groups is 1. The van der Waals surface area contributed by atoms with Crippen molar-refractivity contribution in [3.63, 3.8) is 0 Å². The van der Waals surface area contributed by atoms with E-state index in [1.165, 1.54) is 27.4 Å². The van der Waals surface area contributed by atoms with Gasteiger partial charge in [0.05, 0.1) is 11.7 Å². The average molecular weight is 473 g/mol. The van der Waals surface area contributed by atoms with Crippen molar-refractivity contribution in [2.75, 3.05) is 24.2 Å². The number of halogens is 1. The number of amides is 1. The van der Waals surface area contributed by atoms with Gasteiger partial charge in [-0.15, -0.1) is 16.8 Å². The van der Waals surface area contributed by atoms with Gasteiger partial charge in [-0.25, -0.2) is 12.7 Å². The Labute approximate surface area is 183 Å². The first-order chi connectivity index (χ1) is 13.9. The fourth-order valence-electron chi connectivity index (χ4n) is 2.95. The van der Waals surface area contributed by atoms with Gasteiger partial charge in [-0.05, 0) is 30.5 Å². The molecule has 1 amide bonds. The number of rotatable bonds is 8. The van der Waals surface area contributed by atoms with E-state index in [-0.39, 0.29) is 18.2 Å². The van der Waals surface area contributed by atoms with Gasteiger partial charge < -0.3 is 5.32 Å². The maximum atomic E-state index is 12.8. The van der Waals surface area contributed by atoms with E-state index in [1.807, 2.05) is 0 Å². The molecule has 1 N–H and O–H groups in total. The van der Waals surface area contributed by atoms with Crippen LogP contribution in [0.15, 0.2) is 41.3 Å². The third-order valence-corrected chi connectivity index (χ3v) is 8.41. The highest BCUT2D eigenvalue weighted by molar-refractivity contribution is 8.01. The summed E-state index contributed by atoms with van der Waals surface area (Å²) >= 11 is 8.64. The van der Waals surface area contributed by atoms with Crippen molar-refractivity contribution >= 4 is 55.8 Å². The third-order valence-electron chi connectivity index (χ3n) is 4.37. The minimum atomic E-state index is -3.52. The lowest BCUT2D eigenvalue weighted by atomic mass is 9.99.